The third-order valence-electron chi connectivity index (χ3n) is 12.2. The average Bonchev–Trinajstić information content (AvgIpc) is 3.09. The number of nitrogens with zero attached hydrogens (tertiary/aromatic N) is 1. The molecule has 2 bridgehead atoms. The molecule has 2 heterocycles. The molecule has 9 atom stereocenters. The summed E-state index contributed by atoms with van der Waals surface area (Å²) in [6.45, 7) is 19.9. The minimum absolute atomic E-state index is 0.00211. The van der Waals surface area contributed by atoms with E-state index in [0.717, 1.165) is 28.8 Å². The first-order chi connectivity index (χ1) is 19.5. The van der Waals surface area contributed by atoms with E-state index in [0.29, 0.717) is 18.7 Å². The monoisotopic (exact) mass is 583 g/mol. The molecule has 2 unspecified atom stereocenters. The highest BCUT2D eigenvalue weighted by molar-refractivity contribution is 5.93. The Labute approximate surface area is 250 Å². The summed E-state index contributed by atoms with van der Waals surface area (Å²) in [7, 11) is 1.65. The van der Waals surface area contributed by atoms with Crippen LogP contribution < -0.4 is 0 Å². The summed E-state index contributed by atoms with van der Waals surface area (Å²) in [6, 6.07) is 0. The van der Waals surface area contributed by atoms with Gasteiger partial charge in [0.2, 0.25) is 0 Å². The van der Waals surface area contributed by atoms with E-state index in [4.69, 9.17) is 18.9 Å². The number of carbonyl (C=O) groups excluding carboxylic acids is 1. The van der Waals surface area contributed by atoms with Crippen LogP contribution in [0.15, 0.2) is 29.5 Å². The molecule has 8 heteroatoms. The van der Waals surface area contributed by atoms with Crippen LogP contribution in [0.1, 0.15) is 76.5 Å². The number of aryl methyl sites for hydroxylation is 1. The van der Waals surface area contributed by atoms with Gasteiger partial charge in [0.05, 0.1) is 30.3 Å². The van der Waals surface area contributed by atoms with Gasteiger partial charge in [0.25, 0.3) is 0 Å². The van der Waals surface area contributed by atoms with Gasteiger partial charge < -0.3 is 33.7 Å². The van der Waals surface area contributed by atoms with Crippen molar-refractivity contribution < 1.29 is 34.0 Å². The predicted octanol–water partition coefficient (Wildman–Crippen LogP) is 4.72. The van der Waals surface area contributed by atoms with Crippen molar-refractivity contribution in [3.05, 3.63) is 46.3 Å². The van der Waals surface area contributed by atoms with Crippen molar-refractivity contribution >= 4 is 5.97 Å². The largest absolute Gasteiger partial charge is 0.451 e. The first-order valence-electron chi connectivity index (χ1n) is 15.5. The Balaban J connectivity index is 1.48. The maximum Gasteiger partial charge on any atom is 0.340 e. The van der Waals surface area contributed by atoms with Gasteiger partial charge in [0, 0.05) is 31.5 Å². The molecule has 2 saturated carbocycles. The molecular formula is C34H49NO7. The van der Waals surface area contributed by atoms with Crippen LogP contribution in [0.2, 0.25) is 0 Å². The molecule has 0 radical (unpaired) electrons. The number of esters is 1. The van der Waals surface area contributed by atoms with Crippen LogP contribution in [0.3, 0.4) is 0 Å². The lowest BCUT2D eigenvalue weighted by Gasteiger charge is -2.55. The molecule has 1 aliphatic heterocycles. The van der Waals surface area contributed by atoms with Gasteiger partial charge in [0.15, 0.2) is 11.9 Å². The van der Waals surface area contributed by atoms with Crippen LogP contribution in [0.25, 0.3) is 0 Å². The van der Waals surface area contributed by atoms with E-state index in [2.05, 4.69) is 33.8 Å². The van der Waals surface area contributed by atoms with E-state index in [1.807, 2.05) is 51.5 Å². The SMILES string of the molecule is COCCn1cc(C)c(C(=O)O[C@H]2C(C)=C[C@]34C(O)[C@@H](C=C5COC(C)(C)O[C@H]5[C@]23O)[C@@H]2C(C)(C)C2(C)C[C@H]4C)c1C. The lowest BCUT2D eigenvalue weighted by atomic mass is 9.57. The topological polar surface area (TPSA) is 99.4 Å². The van der Waals surface area contributed by atoms with Gasteiger partial charge in [-0.2, -0.15) is 0 Å². The molecule has 3 fully saturated rings. The van der Waals surface area contributed by atoms with E-state index < -0.39 is 41.1 Å². The maximum atomic E-state index is 14.0. The summed E-state index contributed by atoms with van der Waals surface area (Å²) < 4.78 is 26.4. The van der Waals surface area contributed by atoms with Gasteiger partial charge in [-0.05, 0) is 80.4 Å². The third kappa shape index (κ3) is 3.68. The second-order valence-electron chi connectivity index (χ2n) is 15.1. The number of aliphatic hydroxyl groups excluding tert-OH is 1. The summed E-state index contributed by atoms with van der Waals surface area (Å²) in [5.41, 5.74) is 0.823. The number of rotatable bonds is 5. The second kappa shape index (κ2) is 9.27. The van der Waals surface area contributed by atoms with Gasteiger partial charge in [-0.15, -0.1) is 0 Å². The number of carbonyl (C=O) groups is 1. The zero-order chi connectivity index (χ0) is 30.8. The molecule has 1 aromatic heterocycles. The van der Waals surface area contributed by atoms with Crippen molar-refractivity contribution in [1.29, 1.82) is 0 Å². The second-order valence-corrected chi connectivity index (χ2v) is 15.1. The number of aromatic nitrogens is 1. The summed E-state index contributed by atoms with van der Waals surface area (Å²) in [5.74, 6) is -1.54. The lowest BCUT2D eigenvalue weighted by molar-refractivity contribution is -0.312. The minimum atomic E-state index is -1.75. The molecule has 6 rings (SSSR count). The molecule has 42 heavy (non-hydrogen) atoms. The average molecular weight is 584 g/mol. The Kier molecular flexibility index (Phi) is 6.64. The molecule has 0 aromatic carbocycles. The van der Waals surface area contributed by atoms with Crippen LogP contribution >= 0.6 is 0 Å². The fourth-order valence-electron chi connectivity index (χ4n) is 9.95. The molecule has 1 aromatic rings. The quantitative estimate of drug-likeness (QED) is 0.382. The smallest absolute Gasteiger partial charge is 0.340 e. The van der Waals surface area contributed by atoms with Crippen molar-refractivity contribution in [2.75, 3.05) is 20.3 Å². The molecular weight excluding hydrogens is 534 g/mol. The minimum Gasteiger partial charge on any atom is -0.451 e. The Morgan fingerprint density at radius 3 is 2.52 bits per heavy atom. The van der Waals surface area contributed by atoms with E-state index in [9.17, 15) is 15.0 Å². The number of aliphatic hydroxyl groups is 2. The summed E-state index contributed by atoms with van der Waals surface area (Å²) in [5, 5.41) is 25.9. The van der Waals surface area contributed by atoms with E-state index in [-0.39, 0.29) is 35.2 Å². The zero-order valence-electron chi connectivity index (χ0n) is 26.9. The lowest BCUT2D eigenvalue weighted by Crippen LogP contribution is -2.69. The number of fused-ring (bicyclic) bond motifs is 5. The molecule has 232 valence electrons. The van der Waals surface area contributed by atoms with Crippen LogP contribution in [-0.2, 0) is 25.5 Å². The Morgan fingerprint density at radius 1 is 1.17 bits per heavy atom. The standard InChI is InChI=1S/C34H49NO7/c1-18-14-33-20(3)15-32(9)25(30(32,5)6)23(26(33)36)13-22-17-40-31(7,8)42-28(22)34(33,38)27(18)41-29(37)24-19(2)16-35(21(24)4)11-12-39-10/h13-14,16,20,23,25-28,36,38H,11-12,15,17H2,1-10H3/t20-,23+,25-,26?,27+,28-,32?,33+,34-/m1/s1. The van der Waals surface area contributed by atoms with Crippen molar-refractivity contribution in [2.24, 2.45) is 34.0 Å². The molecule has 0 amide bonds. The highest BCUT2D eigenvalue weighted by atomic mass is 16.7. The van der Waals surface area contributed by atoms with Gasteiger partial charge in [0.1, 0.15) is 11.7 Å². The Morgan fingerprint density at radius 2 is 1.86 bits per heavy atom. The van der Waals surface area contributed by atoms with Gasteiger partial charge in [-0.3, -0.25) is 0 Å². The number of ether oxygens (including phenoxy) is 4. The highest BCUT2D eigenvalue weighted by Gasteiger charge is 2.80. The molecule has 1 spiro atoms. The van der Waals surface area contributed by atoms with E-state index >= 15 is 0 Å². The van der Waals surface area contributed by atoms with Gasteiger partial charge in [-0.25, -0.2) is 4.79 Å². The first-order valence-corrected chi connectivity index (χ1v) is 15.5. The Bertz CT molecular complexity index is 1370. The zero-order valence-corrected chi connectivity index (χ0v) is 26.9. The predicted molar refractivity (Wildman–Crippen MR) is 158 cm³/mol. The number of methoxy groups -OCH3 is 1. The first kappa shape index (κ1) is 30.1. The van der Waals surface area contributed by atoms with E-state index in [1.165, 1.54) is 0 Å². The fraction of sp³-hybridized carbons (Fsp3) is 0.735. The molecule has 4 aliphatic carbocycles. The van der Waals surface area contributed by atoms with Gasteiger partial charge >= 0.3 is 5.97 Å². The molecule has 8 nitrogen and oxygen atoms in total. The van der Waals surface area contributed by atoms with Crippen molar-refractivity contribution in [3.8, 4) is 0 Å². The Hall–Kier alpha value is -1.97. The molecule has 2 N–H and O–H groups in total. The number of hydrogen-bond acceptors (Lipinski definition) is 7. The van der Waals surface area contributed by atoms with Crippen LogP contribution in [0, 0.1) is 47.8 Å². The van der Waals surface area contributed by atoms with Crippen LogP contribution in [0.4, 0.5) is 0 Å². The molecule has 1 saturated heterocycles. The number of hydrogen-bond donors (Lipinski definition) is 2. The summed E-state index contributed by atoms with van der Waals surface area (Å²) in [4.78, 5) is 14.0. The maximum absolute atomic E-state index is 14.0. The normalized spacial score (nSPS) is 42.8. The van der Waals surface area contributed by atoms with Crippen molar-refractivity contribution in [1.82, 2.24) is 4.57 Å². The van der Waals surface area contributed by atoms with Crippen LogP contribution in [-0.4, -0.2) is 70.8 Å². The van der Waals surface area contributed by atoms with Gasteiger partial charge in [-0.1, -0.05) is 39.8 Å². The highest BCUT2D eigenvalue weighted by Crippen LogP contribution is 2.79. The van der Waals surface area contributed by atoms with Crippen molar-refractivity contribution in [2.45, 2.75) is 105 Å². The van der Waals surface area contributed by atoms with E-state index in [1.54, 1.807) is 7.11 Å². The third-order valence-corrected chi connectivity index (χ3v) is 12.2. The van der Waals surface area contributed by atoms with Crippen molar-refractivity contribution in [3.63, 3.8) is 0 Å². The summed E-state index contributed by atoms with van der Waals surface area (Å²) in [6.07, 6.45) is 4.19. The molecule has 5 aliphatic rings. The fourth-order valence-corrected chi connectivity index (χ4v) is 9.95. The summed E-state index contributed by atoms with van der Waals surface area (Å²) >= 11 is 0. The van der Waals surface area contributed by atoms with Crippen LogP contribution in [0.5, 0.6) is 0 Å².